The van der Waals surface area contributed by atoms with Crippen LogP contribution in [0.2, 0.25) is 0 Å². The molecule has 17 heavy (non-hydrogen) atoms. The monoisotopic (exact) mass is 238 g/mol. The molecule has 0 amide bonds. The van der Waals surface area contributed by atoms with E-state index in [-0.39, 0.29) is 0 Å². The van der Waals surface area contributed by atoms with Gasteiger partial charge in [-0.3, -0.25) is 4.90 Å². The molecule has 2 heterocycles. The normalized spacial score (nSPS) is 33.7. The SMILES string of the molecule is C1CNC(CN(CC2CC2)CC2CCCO2)C1. The maximum atomic E-state index is 5.79. The standard InChI is InChI=1S/C14H26N2O/c1-3-13(15-7-1)10-16(9-12-5-6-12)11-14-4-2-8-17-14/h12-15H,1-11H2. The molecule has 1 aliphatic carbocycles. The molecule has 3 fully saturated rings. The first-order chi connectivity index (χ1) is 8.40. The van der Waals surface area contributed by atoms with Crippen LogP contribution in [0.1, 0.15) is 38.5 Å². The van der Waals surface area contributed by atoms with Gasteiger partial charge in [0.25, 0.3) is 0 Å². The second-order valence-electron chi connectivity index (χ2n) is 6.09. The van der Waals surface area contributed by atoms with Gasteiger partial charge < -0.3 is 10.1 Å². The first-order valence-electron chi connectivity index (χ1n) is 7.47. The Morgan fingerprint density at radius 3 is 2.59 bits per heavy atom. The summed E-state index contributed by atoms with van der Waals surface area (Å²) in [7, 11) is 0. The second-order valence-corrected chi connectivity index (χ2v) is 6.09. The Labute approximate surface area is 105 Å². The molecule has 2 unspecified atom stereocenters. The third-order valence-electron chi connectivity index (χ3n) is 4.34. The van der Waals surface area contributed by atoms with Crippen molar-refractivity contribution in [3.05, 3.63) is 0 Å². The predicted molar refractivity (Wildman–Crippen MR) is 69.2 cm³/mol. The largest absolute Gasteiger partial charge is 0.377 e. The van der Waals surface area contributed by atoms with E-state index in [0.717, 1.165) is 18.6 Å². The average molecular weight is 238 g/mol. The summed E-state index contributed by atoms with van der Waals surface area (Å²) in [4.78, 5) is 2.68. The topological polar surface area (TPSA) is 24.5 Å². The summed E-state index contributed by atoms with van der Waals surface area (Å²) in [5.74, 6) is 0.998. The van der Waals surface area contributed by atoms with Gasteiger partial charge in [-0.1, -0.05) is 0 Å². The van der Waals surface area contributed by atoms with Gasteiger partial charge in [-0.25, -0.2) is 0 Å². The molecule has 0 radical (unpaired) electrons. The zero-order chi connectivity index (χ0) is 11.5. The van der Waals surface area contributed by atoms with E-state index in [4.69, 9.17) is 4.74 Å². The molecule has 0 spiro atoms. The van der Waals surface area contributed by atoms with Gasteiger partial charge in [0.2, 0.25) is 0 Å². The third kappa shape index (κ3) is 3.67. The van der Waals surface area contributed by atoms with Crippen molar-refractivity contribution in [1.29, 1.82) is 0 Å². The van der Waals surface area contributed by atoms with Crippen LogP contribution in [-0.2, 0) is 4.74 Å². The Balaban J connectivity index is 1.47. The van der Waals surface area contributed by atoms with Crippen molar-refractivity contribution in [3.8, 4) is 0 Å². The fraction of sp³-hybridized carbons (Fsp3) is 1.00. The minimum absolute atomic E-state index is 0.523. The van der Waals surface area contributed by atoms with Crippen molar-refractivity contribution in [3.63, 3.8) is 0 Å². The van der Waals surface area contributed by atoms with E-state index in [1.807, 2.05) is 0 Å². The van der Waals surface area contributed by atoms with Gasteiger partial charge in [-0.15, -0.1) is 0 Å². The highest BCUT2D eigenvalue weighted by molar-refractivity contribution is 4.84. The fourth-order valence-electron chi connectivity index (χ4n) is 3.19. The van der Waals surface area contributed by atoms with Crippen LogP contribution in [-0.4, -0.2) is 49.8 Å². The van der Waals surface area contributed by atoms with E-state index in [2.05, 4.69) is 10.2 Å². The predicted octanol–water partition coefficient (Wildman–Crippen LogP) is 1.63. The molecule has 0 aromatic carbocycles. The lowest BCUT2D eigenvalue weighted by atomic mass is 10.1. The maximum absolute atomic E-state index is 5.79. The molecule has 3 nitrogen and oxygen atoms in total. The summed E-state index contributed by atoms with van der Waals surface area (Å²) in [6.45, 7) is 5.95. The molecular weight excluding hydrogens is 212 g/mol. The highest BCUT2D eigenvalue weighted by atomic mass is 16.5. The number of ether oxygens (including phenoxy) is 1. The summed E-state index contributed by atoms with van der Waals surface area (Å²) in [6, 6.07) is 0.746. The molecule has 0 bridgehead atoms. The van der Waals surface area contributed by atoms with Gasteiger partial charge in [0.05, 0.1) is 6.10 Å². The Kier molecular flexibility index (Phi) is 3.99. The van der Waals surface area contributed by atoms with Crippen LogP contribution in [0.25, 0.3) is 0 Å². The zero-order valence-electron chi connectivity index (χ0n) is 10.9. The Morgan fingerprint density at radius 1 is 1.00 bits per heavy atom. The highest BCUT2D eigenvalue weighted by Crippen LogP contribution is 2.30. The molecule has 2 saturated heterocycles. The molecule has 1 N–H and O–H groups in total. The molecule has 3 aliphatic rings. The van der Waals surface area contributed by atoms with Crippen molar-refractivity contribution < 1.29 is 4.74 Å². The van der Waals surface area contributed by atoms with Crippen LogP contribution >= 0.6 is 0 Å². The summed E-state index contributed by atoms with van der Waals surface area (Å²) < 4.78 is 5.79. The highest BCUT2D eigenvalue weighted by Gasteiger charge is 2.28. The molecule has 2 atom stereocenters. The average Bonchev–Trinajstić information content (AvgIpc) is 2.82. The number of nitrogens with zero attached hydrogens (tertiary/aromatic N) is 1. The minimum atomic E-state index is 0.523. The van der Waals surface area contributed by atoms with E-state index in [0.29, 0.717) is 6.10 Å². The molecule has 0 aromatic rings. The second kappa shape index (κ2) is 5.68. The summed E-state index contributed by atoms with van der Waals surface area (Å²) in [5.41, 5.74) is 0. The Morgan fingerprint density at radius 2 is 1.94 bits per heavy atom. The van der Waals surface area contributed by atoms with Crippen molar-refractivity contribution in [1.82, 2.24) is 10.2 Å². The van der Waals surface area contributed by atoms with Gasteiger partial charge in [0, 0.05) is 32.3 Å². The lowest BCUT2D eigenvalue weighted by Gasteiger charge is -2.27. The minimum Gasteiger partial charge on any atom is -0.377 e. The van der Waals surface area contributed by atoms with Crippen LogP contribution in [0.15, 0.2) is 0 Å². The zero-order valence-corrected chi connectivity index (χ0v) is 10.9. The first kappa shape index (κ1) is 11.9. The number of rotatable bonds is 6. The smallest absolute Gasteiger partial charge is 0.0702 e. The lowest BCUT2D eigenvalue weighted by molar-refractivity contribution is 0.0687. The number of hydrogen-bond donors (Lipinski definition) is 1. The number of nitrogens with one attached hydrogen (secondary N) is 1. The van der Waals surface area contributed by atoms with Gasteiger partial charge in [-0.05, 0) is 51.0 Å². The summed E-state index contributed by atoms with van der Waals surface area (Å²) >= 11 is 0. The molecule has 3 rings (SSSR count). The Bertz CT molecular complexity index is 212. The van der Waals surface area contributed by atoms with E-state index in [1.165, 1.54) is 64.7 Å². The van der Waals surface area contributed by atoms with Gasteiger partial charge in [0.1, 0.15) is 0 Å². The lowest BCUT2D eigenvalue weighted by Crippen LogP contribution is -2.42. The van der Waals surface area contributed by atoms with Crippen molar-refractivity contribution in [2.45, 2.75) is 50.7 Å². The van der Waals surface area contributed by atoms with E-state index in [1.54, 1.807) is 0 Å². The molecule has 1 saturated carbocycles. The van der Waals surface area contributed by atoms with Crippen molar-refractivity contribution in [2.75, 3.05) is 32.8 Å². The summed E-state index contributed by atoms with van der Waals surface area (Å²) in [6.07, 6.45) is 8.72. The summed E-state index contributed by atoms with van der Waals surface area (Å²) in [5, 5.41) is 3.62. The van der Waals surface area contributed by atoms with Gasteiger partial charge in [0.15, 0.2) is 0 Å². The van der Waals surface area contributed by atoms with Crippen molar-refractivity contribution >= 4 is 0 Å². The third-order valence-corrected chi connectivity index (χ3v) is 4.34. The maximum Gasteiger partial charge on any atom is 0.0702 e. The Hall–Kier alpha value is -0.120. The van der Waals surface area contributed by atoms with Crippen LogP contribution in [0.4, 0.5) is 0 Å². The van der Waals surface area contributed by atoms with Crippen LogP contribution in [0, 0.1) is 5.92 Å². The molecular formula is C14H26N2O. The van der Waals surface area contributed by atoms with E-state index < -0.39 is 0 Å². The molecule has 3 heteroatoms. The quantitative estimate of drug-likeness (QED) is 0.761. The van der Waals surface area contributed by atoms with Crippen LogP contribution in [0.5, 0.6) is 0 Å². The van der Waals surface area contributed by atoms with Crippen LogP contribution in [0.3, 0.4) is 0 Å². The number of hydrogen-bond acceptors (Lipinski definition) is 3. The van der Waals surface area contributed by atoms with E-state index in [9.17, 15) is 0 Å². The molecule has 0 aromatic heterocycles. The first-order valence-corrected chi connectivity index (χ1v) is 7.47. The fourth-order valence-corrected chi connectivity index (χ4v) is 3.19. The van der Waals surface area contributed by atoms with Gasteiger partial charge >= 0.3 is 0 Å². The van der Waals surface area contributed by atoms with Crippen LogP contribution < -0.4 is 5.32 Å². The molecule has 98 valence electrons. The van der Waals surface area contributed by atoms with Crippen molar-refractivity contribution in [2.24, 2.45) is 5.92 Å². The van der Waals surface area contributed by atoms with Gasteiger partial charge in [-0.2, -0.15) is 0 Å². The van der Waals surface area contributed by atoms with E-state index >= 15 is 0 Å². The molecule has 2 aliphatic heterocycles.